The molecule has 0 aliphatic carbocycles. The Bertz CT molecular complexity index is 1110. The summed E-state index contributed by atoms with van der Waals surface area (Å²) in [6.45, 7) is 9.77. The van der Waals surface area contributed by atoms with E-state index in [1.165, 1.54) is 17.7 Å². The minimum absolute atomic E-state index is 0.135. The van der Waals surface area contributed by atoms with E-state index < -0.39 is 5.54 Å². The van der Waals surface area contributed by atoms with Crippen LogP contribution in [0.3, 0.4) is 0 Å². The van der Waals surface area contributed by atoms with E-state index >= 15 is 0 Å². The summed E-state index contributed by atoms with van der Waals surface area (Å²) in [7, 11) is 0. The van der Waals surface area contributed by atoms with Gasteiger partial charge in [0.25, 0.3) is 0 Å². The Labute approximate surface area is 207 Å². The molecule has 3 heterocycles. The van der Waals surface area contributed by atoms with Crippen LogP contribution in [0.15, 0.2) is 53.5 Å². The molecule has 35 heavy (non-hydrogen) atoms. The number of piperidine rings is 1. The van der Waals surface area contributed by atoms with Crippen molar-refractivity contribution in [3.05, 3.63) is 59.9 Å². The maximum Gasteiger partial charge on any atom is 0.350 e. The fourth-order valence-electron chi connectivity index (χ4n) is 5.93. The van der Waals surface area contributed by atoms with Crippen molar-refractivity contribution in [1.29, 1.82) is 0 Å². The van der Waals surface area contributed by atoms with Gasteiger partial charge in [0.2, 0.25) is 0 Å². The Kier molecular flexibility index (Phi) is 6.53. The molecular weight excluding hydrogens is 443 g/mol. The van der Waals surface area contributed by atoms with Gasteiger partial charge in [-0.25, -0.2) is 9.18 Å². The highest BCUT2D eigenvalue weighted by atomic mass is 19.1. The minimum atomic E-state index is -0.548. The SMILES string of the molecule is CC(C)Oc1cccc(CN2CCC3(CC2C)C(N2CCCC2)=NC(=O)N3c2cccc(F)c2)c1. The zero-order chi connectivity index (χ0) is 24.6. The Morgan fingerprint density at radius 3 is 2.60 bits per heavy atom. The molecule has 6 nitrogen and oxygen atoms in total. The van der Waals surface area contributed by atoms with Crippen molar-refractivity contribution in [2.45, 2.75) is 70.7 Å². The second-order valence-corrected chi connectivity index (χ2v) is 10.3. The number of anilines is 1. The van der Waals surface area contributed by atoms with E-state index in [0.29, 0.717) is 5.69 Å². The highest BCUT2D eigenvalue weighted by Gasteiger charge is 2.55. The normalized spacial score (nSPS) is 25.1. The summed E-state index contributed by atoms with van der Waals surface area (Å²) < 4.78 is 20.1. The number of hydrogen-bond acceptors (Lipinski definition) is 4. The molecule has 7 heteroatoms. The molecule has 2 amide bonds. The molecule has 3 aliphatic heterocycles. The van der Waals surface area contributed by atoms with Crippen molar-refractivity contribution < 1.29 is 13.9 Å². The third-order valence-corrected chi connectivity index (χ3v) is 7.43. The van der Waals surface area contributed by atoms with Crippen LogP contribution >= 0.6 is 0 Å². The lowest BCUT2D eigenvalue weighted by atomic mass is 9.80. The molecular formula is C28H35FN4O2. The maximum atomic E-state index is 14.2. The second kappa shape index (κ2) is 9.61. The van der Waals surface area contributed by atoms with Gasteiger partial charge < -0.3 is 9.64 Å². The first-order valence-electron chi connectivity index (χ1n) is 12.8. The standard InChI is InChI=1S/C28H35FN4O2/c1-20(2)35-25-11-6-8-22(16-25)19-32-15-12-28(18-21(32)3)26(31-13-4-5-14-31)30-27(34)33(28)24-10-7-9-23(29)17-24/h6-11,16-17,20-21H,4-5,12-15,18-19H2,1-3H3. The van der Waals surface area contributed by atoms with Crippen LogP contribution in [0.2, 0.25) is 0 Å². The van der Waals surface area contributed by atoms with E-state index in [0.717, 1.165) is 63.4 Å². The zero-order valence-corrected chi connectivity index (χ0v) is 20.9. The molecule has 5 rings (SSSR count). The van der Waals surface area contributed by atoms with Gasteiger partial charge in [-0.05, 0) is 82.3 Å². The Balaban J connectivity index is 1.41. The molecule has 3 aliphatic rings. The number of likely N-dealkylation sites (tertiary alicyclic amines) is 2. The number of amides is 2. The number of carbonyl (C=O) groups is 1. The van der Waals surface area contributed by atoms with Crippen molar-refractivity contribution in [2.24, 2.45) is 4.99 Å². The third kappa shape index (κ3) is 4.66. The average Bonchev–Trinajstić information content (AvgIpc) is 3.42. The molecule has 0 bridgehead atoms. The summed E-state index contributed by atoms with van der Waals surface area (Å²) in [6.07, 6.45) is 3.87. The fourth-order valence-corrected chi connectivity index (χ4v) is 5.93. The molecule has 2 fully saturated rings. The van der Waals surface area contributed by atoms with Crippen LogP contribution in [-0.4, -0.2) is 59.0 Å². The minimum Gasteiger partial charge on any atom is -0.491 e. The Morgan fingerprint density at radius 1 is 1.11 bits per heavy atom. The number of hydrogen-bond donors (Lipinski definition) is 0. The number of ether oxygens (including phenoxy) is 1. The molecule has 2 atom stereocenters. The summed E-state index contributed by atoms with van der Waals surface area (Å²) in [5.41, 5.74) is 1.25. The topological polar surface area (TPSA) is 48.4 Å². The highest BCUT2D eigenvalue weighted by molar-refractivity contribution is 6.16. The van der Waals surface area contributed by atoms with E-state index in [4.69, 9.17) is 4.74 Å². The summed E-state index contributed by atoms with van der Waals surface area (Å²) in [5.74, 6) is 1.43. The summed E-state index contributed by atoms with van der Waals surface area (Å²) in [6, 6.07) is 14.6. The number of urea groups is 1. The number of benzene rings is 2. The predicted molar refractivity (Wildman–Crippen MR) is 137 cm³/mol. The third-order valence-electron chi connectivity index (χ3n) is 7.43. The van der Waals surface area contributed by atoms with Gasteiger partial charge in [-0.3, -0.25) is 9.80 Å². The van der Waals surface area contributed by atoms with E-state index in [1.54, 1.807) is 11.0 Å². The number of aliphatic imine (C=N–C) groups is 1. The molecule has 2 aromatic carbocycles. The molecule has 186 valence electrons. The van der Waals surface area contributed by atoms with Crippen LogP contribution in [0.5, 0.6) is 5.75 Å². The first-order valence-corrected chi connectivity index (χ1v) is 12.8. The quantitative estimate of drug-likeness (QED) is 0.572. The number of rotatable bonds is 5. The van der Waals surface area contributed by atoms with Gasteiger partial charge in [0, 0.05) is 37.9 Å². The lowest BCUT2D eigenvalue weighted by Gasteiger charge is -2.49. The van der Waals surface area contributed by atoms with Crippen molar-refractivity contribution in [1.82, 2.24) is 9.80 Å². The van der Waals surface area contributed by atoms with Gasteiger partial charge in [0.05, 0.1) is 6.10 Å². The average molecular weight is 479 g/mol. The molecule has 0 aromatic heterocycles. The van der Waals surface area contributed by atoms with Gasteiger partial charge in [-0.1, -0.05) is 18.2 Å². The van der Waals surface area contributed by atoms with E-state index in [-0.39, 0.29) is 24.0 Å². The second-order valence-electron chi connectivity index (χ2n) is 10.3. The lowest BCUT2D eigenvalue weighted by molar-refractivity contribution is 0.119. The van der Waals surface area contributed by atoms with Crippen molar-refractivity contribution >= 4 is 17.6 Å². The molecule has 1 spiro atoms. The van der Waals surface area contributed by atoms with Crippen LogP contribution in [0.1, 0.15) is 52.0 Å². The van der Waals surface area contributed by atoms with Gasteiger partial charge in [0.1, 0.15) is 22.9 Å². The molecule has 0 radical (unpaired) electrons. The van der Waals surface area contributed by atoms with Gasteiger partial charge in [-0.15, -0.1) is 0 Å². The van der Waals surface area contributed by atoms with Crippen molar-refractivity contribution in [3.63, 3.8) is 0 Å². The largest absolute Gasteiger partial charge is 0.491 e. The van der Waals surface area contributed by atoms with Crippen LogP contribution in [0.25, 0.3) is 0 Å². The van der Waals surface area contributed by atoms with Gasteiger partial charge >= 0.3 is 6.03 Å². The lowest BCUT2D eigenvalue weighted by Crippen LogP contribution is -2.63. The summed E-state index contributed by atoms with van der Waals surface area (Å²) in [4.78, 5) is 24.4. The molecule has 2 aromatic rings. The molecule has 0 saturated carbocycles. The van der Waals surface area contributed by atoms with E-state index in [1.807, 2.05) is 32.0 Å². The van der Waals surface area contributed by atoms with Crippen LogP contribution in [-0.2, 0) is 6.54 Å². The molecule has 2 saturated heterocycles. The van der Waals surface area contributed by atoms with E-state index in [2.05, 4.69) is 33.8 Å². The van der Waals surface area contributed by atoms with Crippen molar-refractivity contribution in [3.8, 4) is 5.75 Å². The van der Waals surface area contributed by atoms with Crippen LogP contribution in [0, 0.1) is 5.82 Å². The monoisotopic (exact) mass is 478 g/mol. The first-order chi connectivity index (χ1) is 16.9. The summed E-state index contributed by atoms with van der Waals surface area (Å²) >= 11 is 0. The van der Waals surface area contributed by atoms with Crippen LogP contribution in [0.4, 0.5) is 14.9 Å². The smallest absolute Gasteiger partial charge is 0.350 e. The number of halogens is 1. The highest BCUT2D eigenvalue weighted by Crippen LogP contribution is 2.43. The first kappa shape index (κ1) is 23.8. The number of amidine groups is 1. The number of carbonyl (C=O) groups excluding carboxylic acids is 1. The zero-order valence-electron chi connectivity index (χ0n) is 20.9. The number of nitrogens with zero attached hydrogens (tertiary/aromatic N) is 4. The predicted octanol–water partition coefficient (Wildman–Crippen LogP) is 5.47. The summed E-state index contributed by atoms with van der Waals surface area (Å²) in [5, 5.41) is 0. The van der Waals surface area contributed by atoms with E-state index in [9.17, 15) is 9.18 Å². The Morgan fingerprint density at radius 2 is 1.89 bits per heavy atom. The van der Waals surface area contributed by atoms with Gasteiger partial charge in [-0.2, -0.15) is 4.99 Å². The molecule has 2 unspecified atom stereocenters. The van der Waals surface area contributed by atoms with Crippen LogP contribution < -0.4 is 9.64 Å². The van der Waals surface area contributed by atoms with Gasteiger partial charge in [0.15, 0.2) is 0 Å². The van der Waals surface area contributed by atoms with Crippen molar-refractivity contribution in [2.75, 3.05) is 24.5 Å². The Hall–Kier alpha value is -2.93. The molecule has 0 N–H and O–H groups in total. The fraction of sp³-hybridized carbons (Fsp3) is 0.500. The maximum absolute atomic E-state index is 14.2.